The minimum atomic E-state index is 0.0850. The van der Waals surface area contributed by atoms with Crippen molar-refractivity contribution in [2.75, 3.05) is 11.9 Å². The molecule has 0 radical (unpaired) electrons. The first-order valence-electron chi connectivity index (χ1n) is 13.0. The quantitative estimate of drug-likeness (QED) is 0.657. The van der Waals surface area contributed by atoms with E-state index in [4.69, 9.17) is 0 Å². The molecule has 1 aliphatic heterocycles. The zero-order chi connectivity index (χ0) is 22.6. The first-order valence-corrected chi connectivity index (χ1v) is 13.0. The Balaban J connectivity index is 1.12. The monoisotopic (exact) mass is 448 g/mol. The van der Waals surface area contributed by atoms with Crippen LogP contribution in [0.2, 0.25) is 0 Å². The van der Waals surface area contributed by atoms with Crippen molar-refractivity contribution in [2.24, 2.45) is 22.7 Å². The molecule has 6 heteroatoms. The SMILES string of the molecule is CC12C=C3CC(C1)CC(CC(=O)Nc1ncnc4c1CCN(C(=O)CC1CCCC1)C4)(C3)C2. The summed E-state index contributed by atoms with van der Waals surface area (Å²) in [5, 5.41) is 3.15. The number of carbonyl (C=O) groups excluding carboxylic acids is 2. The van der Waals surface area contributed by atoms with E-state index in [-0.39, 0.29) is 22.6 Å². The van der Waals surface area contributed by atoms with Crippen molar-refractivity contribution in [3.8, 4) is 0 Å². The molecule has 3 atom stereocenters. The maximum Gasteiger partial charge on any atom is 0.226 e. The average molecular weight is 449 g/mol. The van der Waals surface area contributed by atoms with E-state index in [1.807, 2.05) is 4.90 Å². The molecule has 3 unspecified atom stereocenters. The van der Waals surface area contributed by atoms with E-state index in [0.29, 0.717) is 44.1 Å². The predicted octanol–water partition coefficient (Wildman–Crippen LogP) is 4.80. The average Bonchev–Trinajstić information content (AvgIpc) is 3.24. The van der Waals surface area contributed by atoms with Gasteiger partial charge in [0.2, 0.25) is 11.8 Å². The van der Waals surface area contributed by atoms with Gasteiger partial charge in [0, 0.05) is 24.9 Å². The second-order valence-corrected chi connectivity index (χ2v) is 12.1. The van der Waals surface area contributed by atoms with E-state index in [9.17, 15) is 9.59 Å². The number of nitrogens with one attached hydrogen (secondary N) is 1. The van der Waals surface area contributed by atoms with Gasteiger partial charge in [-0.3, -0.25) is 9.59 Å². The van der Waals surface area contributed by atoms with Crippen molar-refractivity contribution in [1.29, 1.82) is 0 Å². The number of anilines is 1. The lowest BCUT2D eigenvalue weighted by atomic mass is 9.48. The van der Waals surface area contributed by atoms with Gasteiger partial charge < -0.3 is 10.2 Å². The van der Waals surface area contributed by atoms with Crippen molar-refractivity contribution in [1.82, 2.24) is 14.9 Å². The molecule has 4 bridgehead atoms. The molecule has 6 aliphatic rings. The molecular formula is C27H36N4O2. The van der Waals surface area contributed by atoms with Crippen LogP contribution in [0.3, 0.4) is 0 Å². The highest BCUT2D eigenvalue weighted by Gasteiger charge is 2.52. The number of carbonyl (C=O) groups is 2. The second kappa shape index (κ2) is 7.92. The standard InChI is InChI=1S/C27H36N4O2/c1-26-10-19-8-20(11-26)13-27(12-19,16-26)14-23(32)30-25-21-6-7-31(15-22(21)28-17-29-25)24(33)9-18-4-2-3-5-18/h10,17-18,20H,2-9,11-16H2,1H3,(H,28,29,30,32). The minimum Gasteiger partial charge on any atom is -0.336 e. The summed E-state index contributed by atoms with van der Waals surface area (Å²) in [6.45, 7) is 3.60. The molecule has 3 fully saturated rings. The number of allylic oxidation sites excluding steroid dienone is 2. The Morgan fingerprint density at radius 1 is 1.21 bits per heavy atom. The van der Waals surface area contributed by atoms with Gasteiger partial charge in [0.1, 0.15) is 12.1 Å². The third-order valence-corrected chi connectivity index (χ3v) is 9.05. The lowest BCUT2D eigenvalue weighted by Gasteiger charge is -2.57. The summed E-state index contributed by atoms with van der Waals surface area (Å²) >= 11 is 0. The van der Waals surface area contributed by atoms with Crippen LogP contribution in [0.4, 0.5) is 5.82 Å². The van der Waals surface area contributed by atoms with Crippen LogP contribution >= 0.6 is 0 Å². The summed E-state index contributed by atoms with van der Waals surface area (Å²) in [6, 6.07) is 0. The highest BCUT2D eigenvalue weighted by molar-refractivity contribution is 5.91. The summed E-state index contributed by atoms with van der Waals surface area (Å²) in [5.74, 6) is 2.30. The summed E-state index contributed by atoms with van der Waals surface area (Å²) in [5.41, 5.74) is 3.90. The van der Waals surface area contributed by atoms with Crippen LogP contribution in [0.15, 0.2) is 18.0 Å². The zero-order valence-corrected chi connectivity index (χ0v) is 19.9. The first kappa shape index (κ1) is 21.3. The molecular weight excluding hydrogens is 412 g/mol. The maximum atomic E-state index is 13.2. The van der Waals surface area contributed by atoms with E-state index < -0.39 is 0 Å². The van der Waals surface area contributed by atoms with Crippen LogP contribution in [-0.4, -0.2) is 33.2 Å². The molecule has 5 aliphatic carbocycles. The predicted molar refractivity (Wildman–Crippen MR) is 126 cm³/mol. The number of nitrogens with zero attached hydrogens (tertiary/aromatic N) is 3. The van der Waals surface area contributed by atoms with E-state index in [0.717, 1.165) is 30.0 Å². The van der Waals surface area contributed by atoms with Gasteiger partial charge in [-0.05, 0) is 74.0 Å². The second-order valence-electron chi connectivity index (χ2n) is 12.1. The van der Waals surface area contributed by atoms with Crippen molar-refractivity contribution < 1.29 is 9.59 Å². The van der Waals surface area contributed by atoms with Gasteiger partial charge in [-0.25, -0.2) is 9.97 Å². The van der Waals surface area contributed by atoms with E-state index >= 15 is 0 Å². The van der Waals surface area contributed by atoms with Crippen LogP contribution in [0.5, 0.6) is 0 Å². The minimum absolute atomic E-state index is 0.0850. The Hall–Kier alpha value is -2.24. The molecule has 0 spiro atoms. The Labute approximate surface area is 196 Å². The van der Waals surface area contributed by atoms with Gasteiger partial charge in [0.25, 0.3) is 0 Å². The van der Waals surface area contributed by atoms with Gasteiger partial charge in [0.05, 0.1) is 12.2 Å². The molecule has 0 saturated heterocycles. The lowest BCUT2D eigenvalue weighted by molar-refractivity contribution is -0.133. The van der Waals surface area contributed by atoms with Crippen molar-refractivity contribution >= 4 is 17.6 Å². The van der Waals surface area contributed by atoms with Gasteiger partial charge in [-0.2, -0.15) is 0 Å². The molecule has 33 heavy (non-hydrogen) atoms. The molecule has 1 aromatic rings. The van der Waals surface area contributed by atoms with E-state index in [1.54, 1.807) is 5.57 Å². The Bertz CT molecular complexity index is 1010. The highest BCUT2D eigenvalue weighted by atomic mass is 16.2. The molecule has 0 aromatic carbocycles. The zero-order valence-electron chi connectivity index (χ0n) is 19.9. The molecule has 1 aromatic heterocycles. The molecule has 2 heterocycles. The summed E-state index contributed by atoms with van der Waals surface area (Å²) < 4.78 is 0. The van der Waals surface area contributed by atoms with E-state index in [2.05, 4.69) is 28.3 Å². The summed E-state index contributed by atoms with van der Waals surface area (Å²) in [6.07, 6.45) is 16.8. The molecule has 7 rings (SSSR count). The van der Waals surface area contributed by atoms with Crippen LogP contribution in [0.25, 0.3) is 0 Å². The number of rotatable bonds is 5. The van der Waals surface area contributed by atoms with Gasteiger partial charge in [-0.15, -0.1) is 0 Å². The summed E-state index contributed by atoms with van der Waals surface area (Å²) in [4.78, 5) is 36.9. The van der Waals surface area contributed by atoms with Gasteiger partial charge >= 0.3 is 0 Å². The number of hydrogen-bond donors (Lipinski definition) is 1. The topological polar surface area (TPSA) is 75.2 Å². The molecule has 2 amide bonds. The molecule has 1 N–H and O–H groups in total. The smallest absolute Gasteiger partial charge is 0.226 e. The van der Waals surface area contributed by atoms with Crippen molar-refractivity contribution in [3.05, 3.63) is 29.2 Å². The van der Waals surface area contributed by atoms with Crippen molar-refractivity contribution in [3.63, 3.8) is 0 Å². The van der Waals surface area contributed by atoms with E-state index in [1.165, 1.54) is 51.3 Å². The van der Waals surface area contributed by atoms with Crippen LogP contribution in [-0.2, 0) is 22.6 Å². The Kier molecular flexibility index (Phi) is 5.11. The van der Waals surface area contributed by atoms with Crippen LogP contribution < -0.4 is 5.32 Å². The first-order chi connectivity index (χ1) is 15.9. The van der Waals surface area contributed by atoms with Gasteiger partial charge in [0.15, 0.2) is 0 Å². The molecule has 176 valence electrons. The van der Waals surface area contributed by atoms with Crippen LogP contribution in [0.1, 0.15) is 88.8 Å². The summed E-state index contributed by atoms with van der Waals surface area (Å²) in [7, 11) is 0. The Morgan fingerprint density at radius 2 is 2.06 bits per heavy atom. The number of hydrogen-bond acceptors (Lipinski definition) is 4. The third kappa shape index (κ3) is 4.10. The fourth-order valence-corrected chi connectivity index (χ4v) is 8.24. The van der Waals surface area contributed by atoms with Crippen molar-refractivity contribution in [2.45, 2.75) is 90.5 Å². The largest absolute Gasteiger partial charge is 0.336 e. The molecule has 6 nitrogen and oxygen atoms in total. The lowest BCUT2D eigenvalue weighted by Crippen LogP contribution is -2.47. The van der Waals surface area contributed by atoms with Gasteiger partial charge in [-0.1, -0.05) is 31.4 Å². The molecule has 3 saturated carbocycles. The number of aromatic nitrogens is 2. The Morgan fingerprint density at radius 3 is 2.85 bits per heavy atom. The third-order valence-electron chi connectivity index (χ3n) is 9.05. The highest BCUT2D eigenvalue weighted by Crippen LogP contribution is 2.63. The fourth-order valence-electron chi connectivity index (χ4n) is 8.24. The number of amides is 2. The van der Waals surface area contributed by atoms with Crippen LogP contribution in [0, 0.1) is 22.7 Å². The fraction of sp³-hybridized carbons (Fsp3) is 0.704. The normalized spacial score (nSPS) is 32.6. The maximum absolute atomic E-state index is 13.2. The number of fused-ring (bicyclic) bond motifs is 1.